The van der Waals surface area contributed by atoms with E-state index in [9.17, 15) is 4.79 Å². The molecule has 1 aliphatic rings. The molecule has 0 aromatic heterocycles. The van der Waals surface area contributed by atoms with Gasteiger partial charge >= 0.3 is 0 Å². The van der Waals surface area contributed by atoms with E-state index in [1.165, 1.54) is 0 Å². The predicted molar refractivity (Wildman–Crippen MR) is 81.3 cm³/mol. The first-order valence-electron chi connectivity index (χ1n) is 6.97. The van der Waals surface area contributed by atoms with Gasteiger partial charge in [0.15, 0.2) is 0 Å². The first kappa shape index (κ1) is 15.3. The van der Waals surface area contributed by atoms with Crippen molar-refractivity contribution in [2.75, 3.05) is 18.5 Å². The van der Waals surface area contributed by atoms with E-state index in [0.29, 0.717) is 29.7 Å². The summed E-state index contributed by atoms with van der Waals surface area (Å²) in [5.74, 6) is -0.0326. The number of carbonyl (C=O) groups is 1. The number of hydrogen-bond donors (Lipinski definition) is 2. The van der Waals surface area contributed by atoms with Crippen molar-refractivity contribution in [3.63, 3.8) is 0 Å². The zero-order chi connectivity index (χ0) is 14.5. The van der Waals surface area contributed by atoms with Crippen LogP contribution in [0, 0.1) is 6.92 Å². The van der Waals surface area contributed by atoms with Gasteiger partial charge in [0, 0.05) is 25.6 Å². The average Bonchev–Trinajstić information content (AvgIpc) is 2.79. The van der Waals surface area contributed by atoms with Crippen molar-refractivity contribution in [1.29, 1.82) is 0 Å². The van der Waals surface area contributed by atoms with E-state index in [1.54, 1.807) is 0 Å². The zero-order valence-corrected chi connectivity index (χ0v) is 12.7. The maximum absolute atomic E-state index is 11.9. The van der Waals surface area contributed by atoms with E-state index in [1.807, 2.05) is 25.1 Å². The third-order valence-corrected chi connectivity index (χ3v) is 3.85. The third-order valence-electron chi connectivity index (χ3n) is 3.53. The van der Waals surface area contributed by atoms with Gasteiger partial charge in [-0.05, 0) is 38.0 Å². The van der Waals surface area contributed by atoms with Crippen molar-refractivity contribution >= 4 is 23.2 Å². The molecule has 2 rings (SSSR count). The number of amides is 1. The number of rotatable bonds is 5. The van der Waals surface area contributed by atoms with Gasteiger partial charge < -0.3 is 15.4 Å². The molecule has 0 radical (unpaired) electrons. The molecule has 0 bridgehead atoms. The van der Waals surface area contributed by atoms with Gasteiger partial charge in [-0.15, -0.1) is 0 Å². The van der Waals surface area contributed by atoms with Crippen LogP contribution in [0.3, 0.4) is 0 Å². The Bertz CT molecular complexity index is 479. The molecule has 1 aromatic carbocycles. The van der Waals surface area contributed by atoms with E-state index in [4.69, 9.17) is 16.3 Å². The molecular weight excluding hydrogens is 276 g/mol. The van der Waals surface area contributed by atoms with Crippen LogP contribution in [0.2, 0.25) is 5.02 Å². The van der Waals surface area contributed by atoms with Gasteiger partial charge in [-0.1, -0.05) is 17.7 Å². The summed E-state index contributed by atoms with van der Waals surface area (Å²) in [7, 11) is 0. The minimum atomic E-state index is -0.0326. The van der Waals surface area contributed by atoms with E-state index >= 15 is 0 Å². The van der Waals surface area contributed by atoms with E-state index in [0.717, 1.165) is 18.6 Å². The highest BCUT2D eigenvalue weighted by atomic mass is 35.5. The van der Waals surface area contributed by atoms with Gasteiger partial charge in [-0.2, -0.15) is 0 Å². The lowest BCUT2D eigenvalue weighted by Gasteiger charge is -2.15. The van der Waals surface area contributed by atoms with Crippen LogP contribution in [0.5, 0.6) is 0 Å². The summed E-state index contributed by atoms with van der Waals surface area (Å²) in [6, 6.07) is 5.95. The van der Waals surface area contributed by atoms with Crippen LogP contribution in [0.4, 0.5) is 5.69 Å². The maximum Gasteiger partial charge on any atom is 0.225 e. The van der Waals surface area contributed by atoms with Crippen LogP contribution < -0.4 is 10.6 Å². The molecule has 20 heavy (non-hydrogen) atoms. The number of halogens is 1. The number of nitrogens with one attached hydrogen (secondary N) is 2. The van der Waals surface area contributed by atoms with E-state index in [-0.39, 0.29) is 12.0 Å². The number of anilines is 1. The molecule has 1 aromatic rings. The Morgan fingerprint density at radius 2 is 2.30 bits per heavy atom. The number of hydrogen-bond acceptors (Lipinski definition) is 3. The molecule has 1 aliphatic heterocycles. The molecule has 1 saturated heterocycles. The van der Waals surface area contributed by atoms with Gasteiger partial charge in [-0.25, -0.2) is 0 Å². The highest BCUT2D eigenvalue weighted by Crippen LogP contribution is 2.22. The Labute approximate surface area is 124 Å². The summed E-state index contributed by atoms with van der Waals surface area (Å²) < 4.78 is 5.47. The molecule has 5 heteroatoms. The second-order valence-corrected chi connectivity index (χ2v) is 5.61. The Morgan fingerprint density at radius 3 is 2.95 bits per heavy atom. The lowest BCUT2D eigenvalue weighted by molar-refractivity contribution is -0.116. The van der Waals surface area contributed by atoms with E-state index in [2.05, 4.69) is 17.6 Å². The molecule has 2 N–H and O–H groups in total. The number of ether oxygens (including phenoxy) is 1. The molecule has 0 spiro atoms. The van der Waals surface area contributed by atoms with Crippen molar-refractivity contribution in [2.24, 2.45) is 0 Å². The monoisotopic (exact) mass is 296 g/mol. The molecule has 1 heterocycles. The SMILES string of the molecule is Cc1ccc(NC(=O)CCN[C@H]2CCO[C@H]2C)c(Cl)c1. The van der Waals surface area contributed by atoms with Crippen molar-refractivity contribution < 1.29 is 9.53 Å². The zero-order valence-electron chi connectivity index (χ0n) is 11.9. The number of aryl methyl sites for hydroxylation is 1. The van der Waals surface area contributed by atoms with Crippen molar-refractivity contribution in [1.82, 2.24) is 5.32 Å². The van der Waals surface area contributed by atoms with Gasteiger partial charge in [0.05, 0.1) is 16.8 Å². The fourth-order valence-electron chi connectivity index (χ4n) is 2.31. The maximum atomic E-state index is 11.9. The van der Waals surface area contributed by atoms with Gasteiger partial charge in [0.2, 0.25) is 5.91 Å². The van der Waals surface area contributed by atoms with Gasteiger partial charge in [0.1, 0.15) is 0 Å². The molecular formula is C15H21ClN2O2. The topological polar surface area (TPSA) is 50.4 Å². The summed E-state index contributed by atoms with van der Waals surface area (Å²) in [6.07, 6.45) is 1.66. The fourth-order valence-corrected chi connectivity index (χ4v) is 2.59. The molecule has 4 nitrogen and oxygen atoms in total. The average molecular weight is 297 g/mol. The van der Waals surface area contributed by atoms with Crippen LogP contribution in [0.15, 0.2) is 18.2 Å². The first-order valence-corrected chi connectivity index (χ1v) is 7.35. The Morgan fingerprint density at radius 1 is 1.50 bits per heavy atom. The second-order valence-electron chi connectivity index (χ2n) is 5.21. The minimum Gasteiger partial charge on any atom is -0.377 e. The van der Waals surface area contributed by atoms with Crippen molar-refractivity contribution in [3.8, 4) is 0 Å². The molecule has 2 atom stereocenters. The molecule has 1 fully saturated rings. The summed E-state index contributed by atoms with van der Waals surface area (Å²) in [5.41, 5.74) is 1.74. The van der Waals surface area contributed by atoms with Crippen molar-refractivity contribution in [2.45, 2.75) is 38.8 Å². The van der Waals surface area contributed by atoms with Crippen LogP contribution in [0.1, 0.15) is 25.3 Å². The molecule has 0 unspecified atom stereocenters. The highest BCUT2D eigenvalue weighted by Gasteiger charge is 2.23. The smallest absolute Gasteiger partial charge is 0.225 e. The van der Waals surface area contributed by atoms with E-state index < -0.39 is 0 Å². The highest BCUT2D eigenvalue weighted by molar-refractivity contribution is 6.33. The standard InChI is InChI=1S/C15H21ClN2O2/c1-10-3-4-14(12(16)9-10)18-15(19)5-7-17-13-6-8-20-11(13)2/h3-4,9,11,13,17H,5-8H2,1-2H3,(H,18,19)/t11-,13-/m0/s1. The summed E-state index contributed by atoms with van der Waals surface area (Å²) in [4.78, 5) is 11.9. The van der Waals surface area contributed by atoms with Gasteiger partial charge in [0.25, 0.3) is 0 Å². The Hall–Kier alpha value is -1.10. The quantitative estimate of drug-likeness (QED) is 0.878. The van der Waals surface area contributed by atoms with Gasteiger partial charge in [-0.3, -0.25) is 4.79 Å². The molecule has 110 valence electrons. The van der Waals surface area contributed by atoms with Crippen molar-refractivity contribution in [3.05, 3.63) is 28.8 Å². The molecule has 0 saturated carbocycles. The lowest BCUT2D eigenvalue weighted by atomic mass is 10.1. The first-order chi connectivity index (χ1) is 9.56. The summed E-state index contributed by atoms with van der Waals surface area (Å²) >= 11 is 6.08. The van der Waals surface area contributed by atoms with Crippen LogP contribution in [0.25, 0.3) is 0 Å². The largest absolute Gasteiger partial charge is 0.377 e. The molecule has 0 aliphatic carbocycles. The number of carbonyl (C=O) groups excluding carboxylic acids is 1. The fraction of sp³-hybridized carbons (Fsp3) is 0.533. The minimum absolute atomic E-state index is 0.0326. The van der Waals surface area contributed by atoms with Crippen LogP contribution in [-0.4, -0.2) is 31.2 Å². The Kier molecular flexibility index (Phi) is 5.40. The Balaban J connectivity index is 1.75. The summed E-state index contributed by atoms with van der Waals surface area (Å²) in [5, 5.41) is 6.76. The van der Waals surface area contributed by atoms with Crippen LogP contribution in [-0.2, 0) is 9.53 Å². The molecule has 1 amide bonds. The normalized spacial score (nSPS) is 21.9. The lowest BCUT2D eigenvalue weighted by Crippen LogP contribution is -2.36. The number of benzene rings is 1. The third kappa shape index (κ3) is 4.20. The summed E-state index contributed by atoms with van der Waals surface area (Å²) in [6.45, 7) is 5.46. The van der Waals surface area contributed by atoms with Crippen LogP contribution >= 0.6 is 11.6 Å². The second kappa shape index (κ2) is 7.07. The predicted octanol–water partition coefficient (Wildman–Crippen LogP) is 2.74.